The maximum absolute atomic E-state index is 12.2. The first-order chi connectivity index (χ1) is 9.95. The topological polar surface area (TPSA) is 80.7 Å². The van der Waals surface area contributed by atoms with Crippen LogP contribution in [0.3, 0.4) is 0 Å². The van der Waals surface area contributed by atoms with Crippen LogP contribution in [0.15, 0.2) is 36.0 Å². The number of aliphatic hydroxyl groups excluding tert-OH is 1. The van der Waals surface area contributed by atoms with Crippen molar-refractivity contribution in [1.82, 2.24) is 4.90 Å². The Hall–Kier alpha value is -0.504. The molecule has 22 heavy (non-hydrogen) atoms. The van der Waals surface area contributed by atoms with Crippen LogP contribution in [0.4, 0.5) is 0 Å². The van der Waals surface area contributed by atoms with Gasteiger partial charge in [-0.05, 0) is 18.1 Å². The maximum Gasteiger partial charge on any atom is 1.00 e. The van der Waals surface area contributed by atoms with Gasteiger partial charge in [-0.3, -0.25) is 4.79 Å². The fourth-order valence-electron chi connectivity index (χ4n) is 3.56. The van der Waals surface area contributed by atoms with Gasteiger partial charge in [0.05, 0.1) is 29.7 Å². The van der Waals surface area contributed by atoms with E-state index in [9.17, 15) is 19.8 Å². The average molecular weight is 325 g/mol. The van der Waals surface area contributed by atoms with Gasteiger partial charge in [0, 0.05) is 5.92 Å². The van der Waals surface area contributed by atoms with Gasteiger partial charge in [0.1, 0.15) is 0 Å². The van der Waals surface area contributed by atoms with E-state index in [1.165, 1.54) is 4.90 Å². The molecule has 2 heterocycles. The van der Waals surface area contributed by atoms with Gasteiger partial charge in [0.25, 0.3) is 0 Å². The zero-order valence-corrected chi connectivity index (χ0v) is 15.9. The number of hydrogen-bond acceptors (Lipinski definition) is 4. The molecule has 1 aromatic carbocycles. The quantitative estimate of drug-likeness (QED) is 0.475. The number of aliphatic hydroxyl groups is 1. The van der Waals surface area contributed by atoms with Crippen LogP contribution < -0.4 is 56.5 Å². The maximum atomic E-state index is 12.2. The van der Waals surface area contributed by atoms with E-state index in [1.54, 1.807) is 6.92 Å². The fraction of sp³-hybridized carbons (Fsp3) is 0.375. The van der Waals surface area contributed by atoms with Crippen molar-refractivity contribution in [3.8, 4) is 0 Å². The number of carboxylic acids is 1. The van der Waals surface area contributed by atoms with E-state index in [-0.39, 0.29) is 74.9 Å². The normalized spacial score (nSPS) is 27.9. The first kappa shape index (κ1) is 17.8. The summed E-state index contributed by atoms with van der Waals surface area (Å²) in [5.74, 6) is -2.39. The second-order valence-corrected chi connectivity index (χ2v) is 5.67. The van der Waals surface area contributed by atoms with Gasteiger partial charge in [0.15, 0.2) is 0 Å². The van der Waals surface area contributed by atoms with Crippen molar-refractivity contribution in [1.29, 1.82) is 0 Å². The molecule has 1 saturated heterocycles. The smallest absolute Gasteiger partial charge is 0.543 e. The molecule has 5 nitrogen and oxygen atoms in total. The minimum Gasteiger partial charge on any atom is -0.543 e. The molecule has 4 atom stereocenters. The number of aliphatic carboxylic acids is 1. The molecule has 1 amide bonds. The average Bonchev–Trinajstić information content (AvgIpc) is 2.69. The molecular weight excluding hydrogens is 309 g/mol. The zero-order chi connectivity index (χ0) is 15.3. The molecule has 110 valence electrons. The molecule has 0 radical (unpaired) electrons. The molecule has 0 spiro atoms. The molecule has 1 fully saturated rings. The van der Waals surface area contributed by atoms with Crippen molar-refractivity contribution in [2.75, 3.05) is 0 Å². The minimum absolute atomic E-state index is 0. The van der Waals surface area contributed by atoms with E-state index >= 15 is 0 Å². The summed E-state index contributed by atoms with van der Waals surface area (Å²) in [5.41, 5.74) is 1.33. The monoisotopic (exact) mass is 325 g/mol. The van der Waals surface area contributed by atoms with Gasteiger partial charge >= 0.3 is 51.4 Å². The Bertz CT molecular complexity index is 641. The molecular formula is C16H16KNO4. The summed E-state index contributed by atoms with van der Waals surface area (Å²) >= 11 is 0. The van der Waals surface area contributed by atoms with Crippen LogP contribution in [0.1, 0.15) is 19.4 Å². The van der Waals surface area contributed by atoms with Crippen LogP contribution in [0.5, 0.6) is 0 Å². The molecule has 1 aromatic rings. The SMILES string of the molecule is C[C@@H](O)[C@H]1C(=O)N2C(C(=O)[O-])=C(c3ccccc3)[C@H](C)[C@H]12.[K+]. The van der Waals surface area contributed by atoms with Crippen molar-refractivity contribution >= 4 is 17.4 Å². The Morgan fingerprint density at radius 2 is 1.91 bits per heavy atom. The summed E-state index contributed by atoms with van der Waals surface area (Å²) in [6, 6.07) is 8.84. The van der Waals surface area contributed by atoms with Crippen molar-refractivity contribution in [3.63, 3.8) is 0 Å². The third kappa shape index (κ3) is 2.52. The third-order valence-corrected chi connectivity index (χ3v) is 4.45. The summed E-state index contributed by atoms with van der Waals surface area (Å²) in [6.45, 7) is 3.45. The molecule has 0 aliphatic carbocycles. The predicted molar refractivity (Wildman–Crippen MR) is 73.3 cm³/mol. The summed E-state index contributed by atoms with van der Waals surface area (Å²) in [6.07, 6.45) is -0.792. The van der Waals surface area contributed by atoms with Crippen LogP contribution in [-0.4, -0.2) is 34.0 Å². The third-order valence-electron chi connectivity index (χ3n) is 4.45. The van der Waals surface area contributed by atoms with Crippen LogP contribution in [0.25, 0.3) is 5.57 Å². The first-order valence-electron chi connectivity index (χ1n) is 6.97. The van der Waals surface area contributed by atoms with E-state index in [1.807, 2.05) is 37.3 Å². The molecule has 0 bridgehead atoms. The molecule has 0 unspecified atom stereocenters. The summed E-state index contributed by atoms with van der Waals surface area (Å²) in [7, 11) is 0. The summed E-state index contributed by atoms with van der Waals surface area (Å²) in [4.78, 5) is 25.0. The number of carbonyl (C=O) groups excluding carboxylic acids is 2. The van der Waals surface area contributed by atoms with Gasteiger partial charge in [-0.25, -0.2) is 0 Å². The second kappa shape index (κ2) is 6.55. The number of β-lactam (4-membered cyclic amide) rings is 1. The Morgan fingerprint density at radius 1 is 1.32 bits per heavy atom. The van der Waals surface area contributed by atoms with Crippen molar-refractivity contribution in [3.05, 3.63) is 41.6 Å². The largest absolute Gasteiger partial charge is 1.00 e. The van der Waals surface area contributed by atoms with Crippen LogP contribution in [-0.2, 0) is 9.59 Å². The molecule has 3 rings (SSSR count). The predicted octanol–water partition coefficient (Wildman–Crippen LogP) is -2.99. The molecule has 2 aliphatic heterocycles. The molecule has 0 aromatic heterocycles. The first-order valence-corrected chi connectivity index (χ1v) is 6.97. The molecule has 2 aliphatic rings. The van der Waals surface area contributed by atoms with Crippen LogP contribution in [0.2, 0.25) is 0 Å². The molecule has 6 heteroatoms. The second-order valence-electron chi connectivity index (χ2n) is 5.67. The van der Waals surface area contributed by atoms with E-state index in [2.05, 4.69) is 0 Å². The van der Waals surface area contributed by atoms with E-state index in [0.29, 0.717) is 5.57 Å². The summed E-state index contributed by atoms with van der Waals surface area (Å²) in [5, 5.41) is 21.3. The fourth-order valence-corrected chi connectivity index (χ4v) is 3.56. The van der Waals surface area contributed by atoms with Gasteiger partial charge in [-0.15, -0.1) is 0 Å². The number of carboxylic acid groups (broad SMARTS) is 1. The number of rotatable bonds is 3. The standard InChI is InChI=1S/C16H17NO4.K/c1-8-11(10-6-4-3-5-7-10)14(16(20)21)17-13(8)12(9(2)18)15(17)19;/h3-9,12-13,18H,1-2H3,(H,20,21);/q;+1/p-1/t8-,9+,12+,13+;/m0./s1. The Balaban J connectivity index is 0.00000176. The number of carbonyl (C=O) groups is 2. The summed E-state index contributed by atoms with van der Waals surface area (Å²) < 4.78 is 0. The van der Waals surface area contributed by atoms with E-state index in [4.69, 9.17) is 0 Å². The van der Waals surface area contributed by atoms with E-state index in [0.717, 1.165) is 5.56 Å². The number of amides is 1. The Morgan fingerprint density at radius 3 is 2.41 bits per heavy atom. The Kier molecular flexibility index (Phi) is 5.31. The number of hydrogen-bond donors (Lipinski definition) is 1. The van der Waals surface area contributed by atoms with Gasteiger partial charge < -0.3 is 19.9 Å². The number of benzene rings is 1. The van der Waals surface area contributed by atoms with Gasteiger partial charge in [0.2, 0.25) is 5.91 Å². The van der Waals surface area contributed by atoms with E-state index < -0.39 is 18.0 Å². The molecule has 1 N–H and O–H groups in total. The minimum atomic E-state index is -1.35. The van der Waals surface area contributed by atoms with Crippen molar-refractivity contribution < 1.29 is 71.2 Å². The molecule has 0 saturated carbocycles. The van der Waals surface area contributed by atoms with Crippen molar-refractivity contribution in [2.24, 2.45) is 11.8 Å². The number of fused-ring (bicyclic) bond motifs is 1. The van der Waals surface area contributed by atoms with Crippen molar-refractivity contribution in [2.45, 2.75) is 26.0 Å². The zero-order valence-electron chi connectivity index (χ0n) is 12.8. The number of nitrogens with zero attached hydrogens (tertiary/aromatic N) is 1. The van der Waals surface area contributed by atoms with Gasteiger partial charge in [-0.1, -0.05) is 37.3 Å². The van der Waals surface area contributed by atoms with Crippen LogP contribution >= 0.6 is 0 Å². The Labute approximate surface area is 171 Å². The van der Waals surface area contributed by atoms with Crippen LogP contribution in [0, 0.1) is 11.8 Å². The van der Waals surface area contributed by atoms with Gasteiger partial charge in [-0.2, -0.15) is 0 Å².